The molecule has 1 unspecified atom stereocenters. The number of aliphatic imine (C=N–C) groups is 1. The second kappa shape index (κ2) is 12.7. The first kappa shape index (κ1) is 27.0. The van der Waals surface area contributed by atoms with E-state index in [1.54, 1.807) is 4.90 Å². The number of nitrogens with zero attached hydrogens (tertiary/aromatic N) is 3. The van der Waals surface area contributed by atoms with Crippen molar-refractivity contribution in [2.24, 2.45) is 4.99 Å². The summed E-state index contributed by atoms with van der Waals surface area (Å²) in [5.41, 5.74) is -0.0421. The van der Waals surface area contributed by atoms with Crippen LogP contribution in [0.15, 0.2) is 23.2 Å². The first-order chi connectivity index (χ1) is 13.8. The van der Waals surface area contributed by atoms with Crippen LogP contribution in [-0.4, -0.2) is 81.3 Å². The molecule has 0 spiro atoms. The standard InChI is InChI=1S/C21H35F2N5O.HI/c1-6-24-20(26-15-21(2,3)28-10-12-29-13-11-28)25-14-18(27(4)5)19-16(22)8-7-9-17(19)23;/h7-9,18H,6,10-15H2,1-5H3,(H2,24,25,26);1H. The summed E-state index contributed by atoms with van der Waals surface area (Å²) in [4.78, 5) is 8.91. The molecule has 172 valence electrons. The van der Waals surface area contributed by atoms with Gasteiger partial charge in [0, 0.05) is 37.3 Å². The van der Waals surface area contributed by atoms with Gasteiger partial charge in [0.25, 0.3) is 0 Å². The molecule has 30 heavy (non-hydrogen) atoms. The van der Waals surface area contributed by atoms with Crippen LogP contribution in [0.1, 0.15) is 32.4 Å². The molecule has 1 heterocycles. The lowest BCUT2D eigenvalue weighted by molar-refractivity contribution is -0.00684. The summed E-state index contributed by atoms with van der Waals surface area (Å²) in [6.45, 7) is 11.2. The number of ether oxygens (including phenoxy) is 1. The van der Waals surface area contributed by atoms with Crippen LogP contribution in [0.2, 0.25) is 0 Å². The molecule has 1 saturated heterocycles. The Bertz CT molecular complexity index is 661. The van der Waals surface area contributed by atoms with Crippen molar-refractivity contribution in [2.75, 3.05) is 60.0 Å². The van der Waals surface area contributed by atoms with Crippen LogP contribution in [0, 0.1) is 11.6 Å². The van der Waals surface area contributed by atoms with Crippen molar-refractivity contribution >= 4 is 29.9 Å². The van der Waals surface area contributed by atoms with Gasteiger partial charge in [-0.2, -0.15) is 0 Å². The first-order valence-corrected chi connectivity index (χ1v) is 10.2. The van der Waals surface area contributed by atoms with Crippen LogP contribution in [0.25, 0.3) is 0 Å². The van der Waals surface area contributed by atoms with Gasteiger partial charge in [-0.15, -0.1) is 24.0 Å². The molecule has 9 heteroatoms. The summed E-state index contributed by atoms with van der Waals surface area (Å²) >= 11 is 0. The SMILES string of the molecule is CCNC(=NCC(C)(C)N1CCOCC1)NCC(c1c(F)cccc1F)N(C)C.I. The highest BCUT2D eigenvalue weighted by atomic mass is 127. The fourth-order valence-electron chi connectivity index (χ4n) is 3.45. The van der Waals surface area contributed by atoms with Gasteiger partial charge in [0.05, 0.1) is 25.8 Å². The van der Waals surface area contributed by atoms with E-state index in [4.69, 9.17) is 9.73 Å². The predicted molar refractivity (Wildman–Crippen MR) is 129 cm³/mol. The second-order valence-corrected chi connectivity index (χ2v) is 8.10. The van der Waals surface area contributed by atoms with Gasteiger partial charge in [0.2, 0.25) is 0 Å². The Kier molecular flexibility index (Phi) is 11.5. The minimum atomic E-state index is -0.541. The Balaban J connectivity index is 0.00000450. The number of morpholine rings is 1. The Morgan fingerprint density at radius 3 is 2.33 bits per heavy atom. The van der Waals surface area contributed by atoms with Gasteiger partial charge >= 0.3 is 0 Å². The second-order valence-electron chi connectivity index (χ2n) is 8.10. The molecule has 0 radical (unpaired) electrons. The van der Waals surface area contributed by atoms with Crippen molar-refractivity contribution < 1.29 is 13.5 Å². The summed E-state index contributed by atoms with van der Waals surface area (Å²) in [7, 11) is 3.62. The van der Waals surface area contributed by atoms with Crippen molar-refractivity contribution in [1.29, 1.82) is 0 Å². The molecule has 1 aliphatic heterocycles. The van der Waals surface area contributed by atoms with Crippen LogP contribution in [0.4, 0.5) is 8.78 Å². The lowest BCUT2D eigenvalue weighted by Gasteiger charge is -2.40. The van der Waals surface area contributed by atoms with E-state index in [2.05, 4.69) is 29.4 Å². The quantitative estimate of drug-likeness (QED) is 0.303. The lowest BCUT2D eigenvalue weighted by atomic mass is 10.0. The molecule has 0 bridgehead atoms. The number of hydrogen-bond donors (Lipinski definition) is 2. The maximum Gasteiger partial charge on any atom is 0.191 e. The Morgan fingerprint density at radius 2 is 1.80 bits per heavy atom. The summed E-state index contributed by atoms with van der Waals surface area (Å²) in [6.07, 6.45) is 0. The molecule has 2 N–H and O–H groups in total. The molecule has 1 aromatic rings. The fourth-order valence-corrected chi connectivity index (χ4v) is 3.45. The van der Waals surface area contributed by atoms with E-state index in [-0.39, 0.29) is 35.1 Å². The maximum absolute atomic E-state index is 14.3. The zero-order chi connectivity index (χ0) is 21.4. The minimum Gasteiger partial charge on any atom is -0.379 e. The van der Waals surface area contributed by atoms with Gasteiger partial charge in [0.1, 0.15) is 11.6 Å². The average Bonchev–Trinajstić information content (AvgIpc) is 2.68. The number of benzene rings is 1. The molecule has 1 atom stereocenters. The van der Waals surface area contributed by atoms with Crippen molar-refractivity contribution in [3.8, 4) is 0 Å². The van der Waals surface area contributed by atoms with E-state index in [9.17, 15) is 8.78 Å². The number of nitrogens with one attached hydrogen (secondary N) is 2. The highest BCUT2D eigenvalue weighted by molar-refractivity contribution is 14.0. The summed E-state index contributed by atoms with van der Waals surface area (Å²) in [6, 6.07) is 3.50. The number of rotatable bonds is 8. The normalized spacial score (nSPS) is 16.9. The van der Waals surface area contributed by atoms with E-state index in [0.29, 0.717) is 25.6 Å². The number of hydrogen-bond acceptors (Lipinski definition) is 4. The smallest absolute Gasteiger partial charge is 0.191 e. The first-order valence-electron chi connectivity index (χ1n) is 10.2. The molecular formula is C21H36F2IN5O. The molecular weight excluding hydrogens is 503 g/mol. The molecule has 0 amide bonds. The van der Waals surface area contributed by atoms with Gasteiger partial charge in [-0.25, -0.2) is 8.78 Å². The van der Waals surface area contributed by atoms with Crippen LogP contribution in [-0.2, 0) is 4.74 Å². The highest BCUT2D eigenvalue weighted by Crippen LogP contribution is 2.24. The summed E-state index contributed by atoms with van der Waals surface area (Å²) in [5, 5.41) is 6.47. The highest BCUT2D eigenvalue weighted by Gasteiger charge is 2.28. The fraction of sp³-hybridized carbons (Fsp3) is 0.667. The zero-order valence-corrected chi connectivity index (χ0v) is 21.0. The molecule has 0 aromatic heterocycles. The number of likely N-dealkylation sites (N-methyl/N-ethyl adjacent to an activating group) is 1. The molecule has 1 aliphatic rings. The third-order valence-corrected chi connectivity index (χ3v) is 5.25. The summed E-state index contributed by atoms with van der Waals surface area (Å²) < 4.78 is 34.0. The minimum absolute atomic E-state index is 0. The van der Waals surface area contributed by atoms with E-state index in [1.807, 2.05) is 21.0 Å². The van der Waals surface area contributed by atoms with Crippen molar-refractivity contribution in [3.63, 3.8) is 0 Å². The molecule has 2 rings (SSSR count). The molecule has 6 nitrogen and oxygen atoms in total. The molecule has 1 fully saturated rings. The third-order valence-electron chi connectivity index (χ3n) is 5.25. The predicted octanol–water partition coefficient (Wildman–Crippen LogP) is 2.85. The van der Waals surface area contributed by atoms with Crippen LogP contribution >= 0.6 is 24.0 Å². The Hall–Kier alpha value is -1.04. The van der Waals surface area contributed by atoms with E-state index >= 15 is 0 Å². The summed E-state index contributed by atoms with van der Waals surface area (Å²) in [5.74, 6) is -0.445. The Morgan fingerprint density at radius 1 is 1.20 bits per heavy atom. The lowest BCUT2D eigenvalue weighted by Crippen LogP contribution is -2.52. The monoisotopic (exact) mass is 539 g/mol. The number of halogens is 3. The van der Waals surface area contributed by atoms with Gasteiger partial charge in [-0.1, -0.05) is 6.07 Å². The van der Waals surface area contributed by atoms with E-state index in [0.717, 1.165) is 26.3 Å². The average molecular weight is 539 g/mol. The Labute approximate surface area is 196 Å². The van der Waals surface area contributed by atoms with Gasteiger partial charge < -0.3 is 20.3 Å². The maximum atomic E-state index is 14.3. The van der Waals surface area contributed by atoms with Crippen LogP contribution < -0.4 is 10.6 Å². The third kappa shape index (κ3) is 7.58. The number of guanidine groups is 1. The van der Waals surface area contributed by atoms with Crippen molar-refractivity contribution in [2.45, 2.75) is 32.4 Å². The van der Waals surface area contributed by atoms with E-state index < -0.39 is 17.7 Å². The molecule has 1 aromatic carbocycles. The van der Waals surface area contributed by atoms with Gasteiger partial charge in [0.15, 0.2) is 5.96 Å². The van der Waals surface area contributed by atoms with Gasteiger partial charge in [-0.3, -0.25) is 9.89 Å². The zero-order valence-electron chi connectivity index (χ0n) is 18.7. The molecule has 0 saturated carbocycles. The largest absolute Gasteiger partial charge is 0.379 e. The topological polar surface area (TPSA) is 52.1 Å². The van der Waals surface area contributed by atoms with E-state index in [1.165, 1.54) is 18.2 Å². The van der Waals surface area contributed by atoms with Crippen LogP contribution in [0.3, 0.4) is 0 Å². The van der Waals surface area contributed by atoms with Crippen LogP contribution in [0.5, 0.6) is 0 Å². The molecule has 0 aliphatic carbocycles. The van der Waals surface area contributed by atoms with Crippen molar-refractivity contribution in [1.82, 2.24) is 20.4 Å². The van der Waals surface area contributed by atoms with Crippen molar-refractivity contribution in [3.05, 3.63) is 35.4 Å². The van der Waals surface area contributed by atoms with Gasteiger partial charge in [-0.05, 0) is 47.0 Å².